The molecule has 0 aliphatic heterocycles. The molecule has 0 aliphatic carbocycles. The third-order valence-electron chi connectivity index (χ3n) is 4.19. The van der Waals surface area contributed by atoms with Gasteiger partial charge in [0.1, 0.15) is 0 Å². The largest absolute Gasteiger partial charge is 0.469 e. The summed E-state index contributed by atoms with van der Waals surface area (Å²) in [5.41, 5.74) is 1.74. The third kappa shape index (κ3) is 6.20. The molecule has 1 aromatic carbocycles. The molecule has 0 fully saturated rings. The fraction of sp³-hybridized carbons (Fsp3) is 0.500. The molecule has 0 amide bonds. The molecule has 2 rings (SSSR count). The van der Waals surface area contributed by atoms with E-state index in [1.54, 1.807) is 4.68 Å². The number of ether oxygens (including phenoxy) is 2. The molecule has 2 atom stereocenters. The zero-order chi connectivity index (χ0) is 19.8. The lowest BCUT2D eigenvalue weighted by molar-refractivity contribution is -0.147. The van der Waals surface area contributed by atoms with Gasteiger partial charge < -0.3 is 9.47 Å². The Bertz CT molecular complexity index is 743. The highest BCUT2D eigenvalue weighted by atomic mass is 16.5. The number of hydrogen-bond acceptors (Lipinski definition) is 6. The minimum atomic E-state index is -0.283. The van der Waals surface area contributed by atoms with Crippen LogP contribution in [0.25, 0.3) is 0 Å². The van der Waals surface area contributed by atoms with Crippen molar-refractivity contribution in [2.24, 2.45) is 5.92 Å². The Morgan fingerprint density at radius 2 is 1.85 bits per heavy atom. The number of carbonyl (C=O) groups is 2. The van der Waals surface area contributed by atoms with Crippen LogP contribution in [0.4, 0.5) is 0 Å². The van der Waals surface area contributed by atoms with E-state index < -0.39 is 0 Å². The van der Waals surface area contributed by atoms with Gasteiger partial charge in [0.25, 0.3) is 0 Å². The van der Waals surface area contributed by atoms with Gasteiger partial charge in [-0.05, 0) is 25.8 Å². The second-order valence-corrected chi connectivity index (χ2v) is 6.81. The average Bonchev–Trinajstić information content (AvgIpc) is 3.12. The van der Waals surface area contributed by atoms with Crippen molar-refractivity contribution < 1.29 is 19.1 Å². The number of aryl methyl sites for hydroxylation is 1. The summed E-state index contributed by atoms with van der Waals surface area (Å²) in [5.74, 6) is -0.792. The van der Waals surface area contributed by atoms with Crippen molar-refractivity contribution in [1.29, 1.82) is 0 Å². The maximum atomic E-state index is 11.9. The maximum absolute atomic E-state index is 11.9. The van der Waals surface area contributed by atoms with Gasteiger partial charge in [0.15, 0.2) is 0 Å². The van der Waals surface area contributed by atoms with Crippen molar-refractivity contribution in [3.63, 3.8) is 0 Å². The molecule has 146 valence electrons. The van der Waals surface area contributed by atoms with E-state index in [4.69, 9.17) is 9.47 Å². The first kappa shape index (κ1) is 20.6. The topological polar surface area (TPSA) is 83.3 Å². The van der Waals surface area contributed by atoms with E-state index in [1.807, 2.05) is 57.3 Å². The Morgan fingerprint density at radius 1 is 1.15 bits per heavy atom. The van der Waals surface area contributed by atoms with Crippen LogP contribution in [0.3, 0.4) is 0 Å². The number of nitrogens with zero attached hydrogens (tertiary/aromatic N) is 3. The molecule has 2 unspecified atom stereocenters. The van der Waals surface area contributed by atoms with Gasteiger partial charge in [-0.3, -0.25) is 9.59 Å². The first-order valence-electron chi connectivity index (χ1n) is 9.13. The summed E-state index contributed by atoms with van der Waals surface area (Å²) in [6.45, 7) is 5.48. The predicted octanol–water partition coefficient (Wildman–Crippen LogP) is 2.95. The summed E-state index contributed by atoms with van der Waals surface area (Å²) >= 11 is 0. The minimum absolute atomic E-state index is 0.129. The highest BCUT2D eigenvalue weighted by Crippen LogP contribution is 2.26. The van der Waals surface area contributed by atoms with Gasteiger partial charge in [0.05, 0.1) is 37.3 Å². The van der Waals surface area contributed by atoms with E-state index in [0.29, 0.717) is 18.5 Å². The van der Waals surface area contributed by atoms with E-state index in [2.05, 4.69) is 10.3 Å². The van der Waals surface area contributed by atoms with E-state index in [0.717, 1.165) is 5.56 Å². The zero-order valence-corrected chi connectivity index (χ0v) is 16.3. The Balaban J connectivity index is 2.13. The molecule has 27 heavy (non-hydrogen) atoms. The summed E-state index contributed by atoms with van der Waals surface area (Å²) in [7, 11) is 1.39. The lowest BCUT2D eigenvalue weighted by Gasteiger charge is -2.20. The average molecular weight is 373 g/mol. The summed E-state index contributed by atoms with van der Waals surface area (Å²) in [6, 6.07) is 9.68. The first-order valence-corrected chi connectivity index (χ1v) is 9.13. The molecule has 0 saturated heterocycles. The zero-order valence-electron chi connectivity index (χ0n) is 16.3. The second kappa shape index (κ2) is 9.85. The lowest BCUT2D eigenvalue weighted by atomic mass is 9.96. The van der Waals surface area contributed by atoms with Crippen molar-refractivity contribution in [3.8, 4) is 0 Å². The van der Waals surface area contributed by atoms with Crippen molar-refractivity contribution in [2.75, 3.05) is 7.11 Å². The van der Waals surface area contributed by atoms with Gasteiger partial charge in [0.2, 0.25) is 0 Å². The molecule has 2 aromatic rings. The lowest BCUT2D eigenvalue weighted by Crippen LogP contribution is -2.20. The summed E-state index contributed by atoms with van der Waals surface area (Å²) in [6.07, 6.45) is 2.94. The molecule has 1 aromatic heterocycles. The monoisotopic (exact) mass is 373 g/mol. The number of carbonyl (C=O) groups excluding carboxylic acids is 2. The molecule has 7 nitrogen and oxygen atoms in total. The summed E-state index contributed by atoms with van der Waals surface area (Å²) < 4.78 is 11.7. The number of methoxy groups -OCH3 is 1. The normalized spacial score (nSPS) is 13.2. The van der Waals surface area contributed by atoms with E-state index in [-0.39, 0.29) is 36.4 Å². The number of rotatable bonds is 9. The third-order valence-corrected chi connectivity index (χ3v) is 4.19. The Hall–Kier alpha value is -2.70. The van der Waals surface area contributed by atoms with Crippen molar-refractivity contribution in [3.05, 3.63) is 47.8 Å². The quantitative estimate of drug-likeness (QED) is 0.629. The van der Waals surface area contributed by atoms with Gasteiger partial charge >= 0.3 is 11.9 Å². The molecule has 0 spiro atoms. The van der Waals surface area contributed by atoms with Crippen LogP contribution in [0.2, 0.25) is 0 Å². The Labute approximate surface area is 159 Å². The second-order valence-electron chi connectivity index (χ2n) is 6.81. The van der Waals surface area contributed by atoms with Crippen LogP contribution in [0, 0.1) is 5.92 Å². The van der Waals surface area contributed by atoms with Crippen molar-refractivity contribution >= 4 is 11.9 Å². The van der Waals surface area contributed by atoms with E-state index in [1.165, 1.54) is 7.11 Å². The number of benzene rings is 1. The van der Waals surface area contributed by atoms with Crippen LogP contribution in [-0.2, 0) is 25.5 Å². The maximum Gasteiger partial charge on any atom is 0.308 e. The molecular formula is C20H27N3O4. The fourth-order valence-electron chi connectivity index (χ4n) is 2.84. The van der Waals surface area contributed by atoms with Gasteiger partial charge in [-0.2, -0.15) is 0 Å². The number of esters is 2. The first-order chi connectivity index (χ1) is 12.9. The van der Waals surface area contributed by atoms with Crippen LogP contribution in [-0.4, -0.2) is 40.1 Å². The molecule has 0 bridgehead atoms. The number of aromatic nitrogens is 3. The molecule has 7 heteroatoms. The smallest absolute Gasteiger partial charge is 0.308 e. The standard InChI is InChI=1S/C20H27N3O4/c1-14(2)27-19(24)11-10-17-13-23(22-21-17)18(12-15(3)20(25)26-4)16-8-6-5-7-9-16/h5-9,13-15,18H,10-12H2,1-4H3. The van der Waals surface area contributed by atoms with Gasteiger partial charge in [-0.15, -0.1) is 5.10 Å². The molecule has 0 aliphatic rings. The Morgan fingerprint density at radius 3 is 2.48 bits per heavy atom. The van der Waals surface area contributed by atoms with Crippen LogP contribution < -0.4 is 0 Å². The highest BCUT2D eigenvalue weighted by Gasteiger charge is 2.23. The molecule has 0 radical (unpaired) electrons. The highest BCUT2D eigenvalue weighted by molar-refractivity contribution is 5.71. The fourth-order valence-corrected chi connectivity index (χ4v) is 2.84. The number of hydrogen-bond donors (Lipinski definition) is 0. The van der Waals surface area contributed by atoms with Crippen LogP contribution in [0.5, 0.6) is 0 Å². The summed E-state index contributed by atoms with van der Waals surface area (Å²) in [5, 5.41) is 8.41. The summed E-state index contributed by atoms with van der Waals surface area (Å²) in [4.78, 5) is 23.6. The van der Waals surface area contributed by atoms with Crippen LogP contribution in [0.1, 0.15) is 50.9 Å². The van der Waals surface area contributed by atoms with Crippen molar-refractivity contribution in [2.45, 2.75) is 52.2 Å². The van der Waals surface area contributed by atoms with Crippen LogP contribution in [0.15, 0.2) is 36.5 Å². The minimum Gasteiger partial charge on any atom is -0.469 e. The molecular weight excluding hydrogens is 346 g/mol. The van der Waals surface area contributed by atoms with Gasteiger partial charge in [-0.1, -0.05) is 42.5 Å². The molecule has 0 N–H and O–H groups in total. The Kier molecular flexibility index (Phi) is 7.52. The van der Waals surface area contributed by atoms with Gasteiger partial charge in [-0.25, -0.2) is 4.68 Å². The van der Waals surface area contributed by atoms with Gasteiger partial charge in [0, 0.05) is 12.6 Å². The SMILES string of the molecule is COC(=O)C(C)CC(c1ccccc1)n1cc(CCC(=O)OC(C)C)nn1. The van der Waals surface area contributed by atoms with Crippen LogP contribution >= 0.6 is 0 Å². The predicted molar refractivity (Wildman–Crippen MR) is 99.9 cm³/mol. The molecule has 0 saturated carbocycles. The van der Waals surface area contributed by atoms with E-state index in [9.17, 15) is 9.59 Å². The van der Waals surface area contributed by atoms with E-state index >= 15 is 0 Å². The molecule has 1 heterocycles. The van der Waals surface area contributed by atoms with Crippen molar-refractivity contribution in [1.82, 2.24) is 15.0 Å².